The first-order valence-corrected chi connectivity index (χ1v) is 6.84. The molecule has 0 radical (unpaired) electrons. The first kappa shape index (κ1) is 14.6. The predicted molar refractivity (Wildman–Crippen MR) is 20.8 cm³/mol. The van der Waals surface area contributed by atoms with Gasteiger partial charge in [0, 0.05) is 0 Å². The minimum atomic E-state index is -11.0. The van der Waals surface area contributed by atoms with E-state index in [9.17, 15) is 19.9 Å². The van der Waals surface area contributed by atoms with E-state index in [0.29, 0.717) is 0 Å². The van der Waals surface area contributed by atoms with Crippen molar-refractivity contribution >= 4 is 10.4 Å². The van der Waals surface area contributed by atoms with Gasteiger partial charge in [-0.3, -0.25) is 9.11 Å². The van der Waals surface area contributed by atoms with Crippen LogP contribution in [-0.4, -0.2) is 17.5 Å². The zero-order chi connectivity index (χ0) is 10.9. The Morgan fingerprint density at radius 1 is 0.833 bits per heavy atom. The van der Waals surface area contributed by atoms with Gasteiger partial charge < -0.3 is 0 Å². The molecule has 0 bridgehead atoms. The van der Waals surface area contributed by atoms with E-state index in [1.165, 1.54) is 0 Å². The van der Waals surface area contributed by atoms with Crippen LogP contribution in [0.4, 0.5) is 19.9 Å². The second-order valence-corrected chi connectivity index (χ2v) is 5.83. The second kappa shape index (κ2) is 2.53. The van der Waals surface area contributed by atoms with Crippen molar-refractivity contribution < 1.29 is 52.8 Å². The number of hydrogen-bond acceptors (Lipinski definition) is 2. The average molecular weight is 313 g/mol. The summed E-state index contributed by atoms with van der Waals surface area (Å²) in [6, 6.07) is 0. The molecule has 0 amide bonds. The second-order valence-electron chi connectivity index (χ2n) is 1.21. The molecule has 2 N–H and O–H groups in total. The molecule has 12 heteroatoms. The molecule has 0 spiro atoms. The fourth-order valence-corrected chi connectivity index (χ4v) is 0. The van der Waals surface area contributed by atoms with Crippen molar-refractivity contribution in [2.75, 3.05) is 0 Å². The Bertz CT molecular complexity index is 221. The summed E-state index contributed by atoms with van der Waals surface area (Å²) >= 11 is -11.0. The van der Waals surface area contributed by atoms with E-state index in [2.05, 4.69) is 0 Å². The molecule has 0 aliphatic carbocycles. The van der Waals surface area contributed by atoms with Crippen LogP contribution in [-0.2, 0) is 25.8 Å². The van der Waals surface area contributed by atoms with Crippen LogP contribution in [0.5, 0.6) is 0 Å². The molecule has 0 rings (SSSR count). The summed E-state index contributed by atoms with van der Waals surface area (Å²) in [6.07, 6.45) is 0. The summed E-state index contributed by atoms with van der Waals surface area (Å²) in [5.41, 5.74) is 0. The molecule has 0 aromatic heterocycles. The zero-order valence-electron chi connectivity index (χ0n) is 4.74. The number of halogens is 6. The molecule has 0 saturated heterocycles. The summed E-state index contributed by atoms with van der Waals surface area (Å²) < 4.78 is 91.0. The standard InChI is InChI=1S/6FH.H2O4S.Ru/c;;;;;;1-5(2,3)4;/h6*1H;(H2,1,2,3,4);/q;;;;;;;+6/p-6. The van der Waals surface area contributed by atoms with Gasteiger partial charge in [-0.25, -0.2) is 0 Å². The van der Waals surface area contributed by atoms with Crippen LogP contribution in [0.1, 0.15) is 0 Å². The van der Waals surface area contributed by atoms with Gasteiger partial charge in [-0.15, -0.1) is 0 Å². The Kier molecular flexibility index (Phi) is 3.08. The summed E-state index contributed by atoms with van der Waals surface area (Å²) in [5, 5.41) is 0. The Balaban J connectivity index is 0. The molecular weight excluding hydrogens is 311 g/mol. The molecule has 0 aliphatic heterocycles. The van der Waals surface area contributed by atoms with Gasteiger partial charge >= 0.3 is 45.7 Å². The van der Waals surface area contributed by atoms with E-state index in [1.807, 2.05) is 0 Å². The Labute approximate surface area is 63.9 Å². The van der Waals surface area contributed by atoms with Gasteiger partial charge in [0.15, 0.2) is 0 Å². The van der Waals surface area contributed by atoms with Gasteiger partial charge in [0.25, 0.3) is 0 Å². The Morgan fingerprint density at radius 2 is 0.833 bits per heavy atom. The molecule has 0 saturated carbocycles. The maximum absolute atomic E-state index is 11.0. The fourth-order valence-electron chi connectivity index (χ4n) is 0. The average Bonchev–Trinajstić information content (AvgIpc) is 1.04. The van der Waals surface area contributed by atoms with Crippen LogP contribution in [0.15, 0.2) is 0 Å². The Hall–Kier alpha value is 0.0734. The van der Waals surface area contributed by atoms with E-state index in [-0.39, 0.29) is 0 Å². The van der Waals surface area contributed by atoms with Crippen molar-refractivity contribution in [2.45, 2.75) is 0 Å². The third kappa shape index (κ3) is 154000. The third-order valence-electron chi connectivity index (χ3n) is 0. The fraction of sp³-hybridized carbons (Fsp3) is 0. The van der Waals surface area contributed by atoms with Crippen LogP contribution in [0.25, 0.3) is 0 Å². The number of rotatable bonds is 0. The van der Waals surface area contributed by atoms with E-state index >= 15 is 0 Å². The van der Waals surface area contributed by atoms with Gasteiger partial charge in [0.05, 0.1) is 0 Å². The quantitative estimate of drug-likeness (QED) is 0.407. The minimum absolute atomic E-state index is 4.67. The van der Waals surface area contributed by atoms with E-state index < -0.39 is 25.8 Å². The van der Waals surface area contributed by atoms with Crippen LogP contribution < -0.4 is 0 Å². The third-order valence-corrected chi connectivity index (χ3v) is 0. The molecule has 0 aromatic rings. The van der Waals surface area contributed by atoms with Crippen molar-refractivity contribution in [3.05, 3.63) is 0 Å². The molecule has 0 atom stereocenters. The van der Waals surface area contributed by atoms with Crippen LogP contribution >= 0.6 is 0 Å². The van der Waals surface area contributed by atoms with Crippen LogP contribution in [0.3, 0.4) is 0 Å². The SMILES string of the molecule is O=S(=O)(O)O.[F][Ru]([F])([F])([F])([F])[F]. The molecule has 0 fully saturated rings. The van der Waals surface area contributed by atoms with Crippen LogP contribution in [0, 0.1) is 0 Å². The molecule has 12 heavy (non-hydrogen) atoms. The zero-order valence-corrected chi connectivity index (χ0v) is 7.30. The van der Waals surface area contributed by atoms with Crippen molar-refractivity contribution in [3.8, 4) is 0 Å². The van der Waals surface area contributed by atoms with Crippen LogP contribution in [0.2, 0.25) is 0 Å². The van der Waals surface area contributed by atoms with Gasteiger partial charge in [-0.1, -0.05) is 0 Å². The summed E-state index contributed by atoms with van der Waals surface area (Å²) in [7, 11) is -4.67. The van der Waals surface area contributed by atoms with E-state index in [1.54, 1.807) is 0 Å². The van der Waals surface area contributed by atoms with Gasteiger partial charge in [-0.2, -0.15) is 8.42 Å². The molecule has 0 heterocycles. The monoisotopic (exact) mass is 314 g/mol. The van der Waals surface area contributed by atoms with Crippen molar-refractivity contribution in [1.29, 1.82) is 0 Å². The molecule has 82 valence electrons. The van der Waals surface area contributed by atoms with E-state index in [4.69, 9.17) is 17.5 Å². The first-order chi connectivity index (χ1) is 4.45. The molecule has 0 unspecified atom stereocenters. The Morgan fingerprint density at radius 3 is 0.833 bits per heavy atom. The van der Waals surface area contributed by atoms with Gasteiger partial charge in [-0.05, 0) is 0 Å². The van der Waals surface area contributed by atoms with Crippen molar-refractivity contribution in [3.63, 3.8) is 0 Å². The van der Waals surface area contributed by atoms with Gasteiger partial charge in [0.1, 0.15) is 0 Å². The molecular formula is H2F6O4RuS. The maximum atomic E-state index is 9.90. The summed E-state index contributed by atoms with van der Waals surface area (Å²) in [5.74, 6) is 0. The molecule has 4 nitrogen and oxygen atoms in total. The number of hydrogen-bond donors (Lipinski definition) is 2. The molecule has 0 aliphatic rings. The summed E-state index contributed by atoms with van der Waals surface area (Å²) in [6.45, 7) is 0. The van der Waals surface area contributed by atoms with E-state index in [0.717, 1.165) is 0 Å². The summed E-state index contributed by atoms with van der Waals surface area (Å²) in [4.78, 5) is 0. The topological polar surface area (TPSA) is 74.6 Å². The van der Waals surface area contributed by atoms with Crippen molar-refractivity contribution in [1.82, 2.24) is 0 Å². The normalized spacial score (nSPS) is 18.3. The first-order valence-electron chi connectivity index (χ1n) is 1.50. The predicted octanol–water partition coefficient (Wildman–Crippen LogP) is 1.87. The molecule has 0 aromatic carbocycles. The van der Waals surface area contributed by atoms with Crippen molar-refractivity contribution in [2.24, 2.45) is 0 Å². The van der Waals surface area contributed by atoms with Gasteiger partial charge in [0.2, 0.25) is 0 Å².